The van der Waals surface area contributed by atoms with Gasteiger partial charge < -0.3 is 4.74 Å². The Bertz CT molecular complexity index is 361. The molecule has 0 aromatic heterocycles. The minimum Gasteiger partial charge on any atom is -0.468 e. The van der Waals surface area contributed by atoms with E-state index in [9.17, 15) is 4.79 Å². The molecule has 0 aliphatic heterocycles. The maximum absolute atomic E-state index is 11.6. The summed E-state index contributed by atoms with van der Waals surface area (Å²) in [5, 5.41) is 0. The lowest BCUT2D eigenvalue weighted by Gasteiger charge is -2.22. The molecule has 0 amide bonds. The van der Waals surface area contributed by atoms with Crippen LogP contribution in [0.2, 0.25) is 0 Å². The first-order valence-electron chi connectivity index (χ1n) is 5.58. The monoisotopic (exact) mass is 220 g/mol. The van der Waals surface area contributed by atoms with Gasteiger partial charge in [0.2, 0.25) is 0 Å². The number of carbonyl (C=O) groups is 1. The van der Waals surface area contributed by atoms with Crippen LogP contribution in [0, 0.1) is 0 Å². The standard InChI is InChI=1S/C14H20O2/c1-10(2)11-6-8-12(9-7-11)14(3,4)13(15)16-5/h6-10H,1-5H3. The average Bonchev–Trinajstić information content (AvgIpc) is 2.28. The topological polar surface area (TPSA) is 26.3 Å². The van der Waals surface area contributed by atoms with Crippen LogP contribution in [0.5, 0.6) is 0 Å². The molecule has 0 radical (unpaired) electrons. The summed E-state index contributed by atoms with van der Waals surface area (Å²) in [7, 11) is 1.42. The summed E-state index contributed by atoms with van der Waals surface area (Å²) in [4.78, 5) is 11.6. The fraction of sp³-hybridized carbons (Fsp3) is 0.500. The first-order chi connectivity index (χ1) is 7.39. The van der Waals surface area contributed by atoms with Crippen LogP contribution in [0.15, 0.2) is 24.3 Å². The van der Waals surface area contributed by atoms with Crippen LogP contribution in [0.3, 0.4) is 0 Å². The Morgan fingerprint density at radius 3 is 2.06 bits per heavy atom. The maximum Gasteiger partial charge on any atom is 0.315 e. The van der Waals surface area contributed by atoms with E-state index in [1.807, 2.05) is 26.0 Å². The van der Waals surface area contributed by atoms with Crippen LogP contribution in [0.4, 0.5) is 0 Å². The molecule has 0 heterocycles. The first-order valence-corrected chi connectivity index (χ1v) is 5.58. The zero-order chi connectivity index (χ0) is 12.3. The summed E-state index contributed by atoms with van der Waals surface area (Å²) in [6, 6.07) is 8.16. The lowest BCUT2D eigenvalue weighted by Crippen LogP contribution is -2.30. The Labute approximate surface area is 97.6 Å². The minimum absolute atomic E-state index is 0.204. The first kappa shape index (κ1) is 12.8. The largest absolute Gasteiger partial charge is 0.468 e. The number of carbonyl (C=O) groups excluding carboxylic acids is 1. The van der Waals surface area contributed by atoms with E-state index in [2.05, 4.69) is 26.0 Å². The fourth-order valence-electron chi connectivity index (χ4n) is 1.66. The summed E-state index contributed by atoms with van der Waals surface area (Å²) in [5.74, 6) is 0.306. The van der Waals surface area contributed by atoms with Crippen LogP contribution in [-0.4, -0.2) is 13.1 Å². The van der Waals surface area contributed by atoms with Gasteiger partial charge in [0.15, 0.2) is 0 Å². The molecule has 0 saturated carbocycles. The van der Waals surface area contributed by atoms with E-state index in [4.69, 9.17) is 4.74 Å². The van der Waals surface area contributed by atoms with Crippen LogP contribution >= 0.6 is 0 Å². The quantitative estimate of drug-likeness (QED) is 0.731. The normalized spacial score (nSPS) is 11.6. The molecule has 0 aliphatic rings. The molecule has 0 fully saturated rings. The van der Waals surface area contributed by atoms with Crippen molar-refractivity contribution in [2.75, 3.05) is 7.11 Å². The molecular weight excluding hydrogens is 200 g/mol. The third-order valence-electron chi connectivity index (χ3n) is 2.99. The van der Waals surface area contributed by atoms with Gasteiger partial charge in [0.05, 0.1) is 12.5 Å². The molecular formula is C14H20O2. The van der Waals surface area contributed by atoms with Crippen molar-refractivity contribution in [3.8, 4) is 0 Å². The number of methoxy groups -OCH3 is 1. The molecule has 2 nitrogen and oxygen atoms in total. The minimum atomic E-state index is -0.579. The Balaban J connectivity index is 3.01. The lowest BCUT2D eigenvalue weighted by atomic mass is 9.84. The van der Waals surface area contributed by atoms with Crippen molar-refractivity contribution < 1.29 is 9.53 Å². The summed E-state index contributed by atoms with van der Waals surface area (Å²) in [6.45, 7) is 8.06. The van der Waals surface area contributed by atoms with Crippen LogP contribution in [0.25, 0.3) is 0 Å². The Morgan fingerprint density at radius 1 is 1.19 bits per heavy atom. The molecule has 16 heavy (non-hydrogen) atoms. The van der Waals surface area contributed by atoms with Crippen molar-refractivity contribution in [1.29, 1.82) is 0 Å². The zero-order valence-corrected chi connectivity index (χ0v) is 10.7. The number of hydrogen-bond acceptors (Lipinski definition) is 2. The Hall–Kier alpha value is -1.31. The van der Waals surface area contributed by atoms with Gasteiger partial charge in [-0.15, -0.1) is 0 Å². The number of rotatable bonds is 3. The number of esters is 1. The second-order valence-corrected chi connectivity index (χ2v) is 4.89. The summed E-state index contributed by atoms with van der Waals surface area (Å²) >= 11 is 0. The van der Waals surface area contributed by atoms with Gasteiger partial charge in [0.1, 0.15) is 0 Å². The predicted octanol–water partition coefficient (Wildman–Crippen LogP) is 3.26. The van der Waals surface area contributed by atoms with E-state index in [1.165, 1.54) is 12.7 Å². The molecule has 0 saturated heterocycles. The third-order valence-corrected chi connectivity index (χ3v) is 2.99. The van der Waals surface area contributed by atoms with Gasteiger partial charge >= 0.3 is 5.97 Å². The van der Waals surface area contributed by atoms with Crippen molar-refractivity contribution in [1.82, 2.24) is 0 Å². The van der Waals surface area contributed by atoms with E-state index in [0.29, 0.717) is 5.92 Å². The van der Waals surface area contributed by atoms with Crippen molar-refractivity contribution in [3.05, 3.63) is 35.4 Å². The molecule has 0 N–H and O–H groups in total. The van der Waals surface area contributed by atoms with Gasteiger partial charge in [-0.05, 0) is 30.9 Å². The molecule has 1 aromatic rings. The number of hydrogen-bond donors (Lipinski definition) is 0. The van der Waals surface area contributed by atoms with Crippen LogP contribution < -0.4 is 0 Å². The highest BCUT2D eigenvalue weighted by atomic mass is 16.5. The molecule has 0 atom stereocenters. The van der Waals surface area contributed by atoms with E-state index in [-0.39, 0.29) is 5.97 Å². The molecule has 0 unspecified atom stereocenters. The molecule has 88 valence electrons. The van der Waals surface area contributed by atoms with Gasteiger partial charge in [0, 0.05) is 0 Å². The molecule has 1 aromatic carbocycles. The SMILES string of the molecule is COC(=O)C(C)(C)c1ccc(C(C)C)cc1. The second-order valence-electron chi connectivity index (χ2n) is 4.89. The van der Waals surface area contributed by atoms with Crippen molar-refractivity contribution in [2.24, 2.45) is 0 Å². The van der Waals surface area contributed by atoms with E-state index in [1.54, 1.807) is 0 Å². The van der Waals surface area contributed by atoms with Gasteiger partial charge in [0.25, 0.3) is 0 Å². The van der Waals surface area contributed by atoms with E-state index in [0.717, 1.165) is 5.56 Å². The predicted molar refractivity (Wildman–Crippen MR) is 65.6 cm³/mol. The smallest absolute Gasteiger partial charge is 0.315 e. The van der Waals surface area contributed by atoms with Crippen LogP contribution in [-0.2, 0) is 14.9 Å². The summed E-state index contributed by atoms with van der Waals surface area (Å²) in [5.41, 5.74) is 1.69. The number of ether oxygens (including phenoxy) is 1. The third kappa shape index (κ3) is 2.43. The van der Waals surface area contributed by atoms with Crippen molar-refractivity contribution in [3.63, 3.8) is 0 Å². The van der Waals surface area contributed by atoms with Gasteiger partial charge in [-0.25, -0.2) is 0 Å². The zero-order valence-electron chi connectivity index (χ0n) is 10.7. The summed E-state index contributed by atoms with van der Waals surface area (Å²) in [6.07, 6.45) is 0. The Kier molecular flexibility index (Phi) is 3.74. The highest BCUT2D eigenvalue weighted by Crippen LogP contribution is 2.26. The van der Waals surface area contributed by atoms with Gasteiger partial charge in [-0.3, -0.25) is 4.79 Å². The molecule has 0 aliphatic carbocycles. The molecule has 1 rings (SSSR count). The van der Waals surface area contributed by atoms with Crippen LogP contribution in [0.1, 0.15) is 44.7 Å². The molecule has 2 heteroatoms. The fourth-order valence-corrected chi connectivity index (χ4v) is 1.66. The number of benzene rings is 1. The second kappa shape index (κ2) is 4.69. The lowest BCUT2D eigenvalue weighted by molar-refractivity contribution is -0.146. The van der Waals surface area contributed by atoms with Crippen molar-refractivity contribution >= 4 is 5.97 Å². The highest BCUT2D eigenvalue weighted by molar-refractivity contribution is 5.82. The van der Waals surface area contributed by atoms with Gasteiger partial charge in [-0.1, -0.05) is 38.1 Å². The molecule has 0 spiro atoms. The maximum atomic E-state index is 11.6. The summed E-state index contributed by atoms with van der Waals surface area (Å²) < 4.78 is 4.81. The average molecular weight is 220 g/mol. The van der Waals surface area contributed by atoms with Gasteiger partial charge in [-0.2, -0.15) is 0 Å². The highest BCUT2D eigenvalue weighted by Gasteiger charge is 2.30. The van der Waals surface area contributed by atoms with Crippen molar-refractivity contribution in [2.45, 2.75) is 39.0 Å². The molecule has 0 bridgehead atoms. The van der Waals surface area contributed by atoms with E-state index < -0.39 is 5.41 Å². The Morgan fingerprint density at radius 2 is 1.69 bits per heavy atom. The van der Waals surface area contributed by atoms with E-state index >= 15 is 0 Å².